The van der Waals surface area contributed by atoms with Crippen molar-refractivity contribution in [1.82, 2.24) is 0 Å². The number of fused-ring (bicyclic) bond motifs is 5. The number of rotatable bonds is 3. The Kier molecular flexibility index (Phi) is 5.23. The summed E-state index contributed by atoms with van der Waals surface area (Å²) in [5.41, 5.74) is 2.30. The molecule has 1 unspecified atom stereocenters. The second kappa shape index (κ2) is 7.87. The third-order valence-corrected chi connectivity index (χ3v) is 9.49. The number of carbonyl (C=O) groups is 2. The number of nitrogens with one attached hydrogen (secondary N) is 1. The molecule has 0 aliphatic heterocycles. The molecule has 2 saturated carbocycles. The molecule has 172 valence electrons. The van der Waals surface area contributed by atoms with Crippen molar-refractivity contribution in [3.8, 4) is 6.07 Å². The van der Waals surface area contributed by atoms with E-state index >= 15 is 0 Å². The maximum Gasteiger partial charge on any atom is 0.332 e. The van der Waals surface area contributed by atoms with Crippen LogP contribution in [0.15, 0.2) is 47.6 Å². The van der Waals surface area contributed by atoms with Crippen LogP contribution in [0.25, 0.3) is 0 Å². The Balaban J connectivity index is 1.49. The molecule has 6 atom stereocenters. The second-order valence-electron chi connectivity index (χ2n) is 11.1. The van der Waals surface area contributed by atoms with Gasteiger partial charge < -0.3 is 10.4 Å². The van der Waals surface area contributed by atoms with Gasteiger partial charge >= 0.3 is 5.97 Å². The smallest absolute Gasteiger partial charge is 0.332 e. The molecule has 0 heterocycles. The van der Waals surface area contributed by atoms with Gasteiger partial charge in [0.25, 0.3) is 0 Å². The minimum Gasteiger partial charge on any atom is -0.478 e. The first-order valence-electron chi connectivity index (χ1n) is 12.2. The summed E-state index contributed by atoms with van der Waals surface area (Å²) in [4.78, 5) is 25.6. The maximum atomic E-state index is 13.4. The Labute approximate surface area is 195 Å². The fourth-order valence-corrected chi connectivity index (χ4v) is 7.76. The van der Waals surface area contributed by atoms with Gasteiger partial charge in [0.1, 0.15) is 6.07 Å². The van der Waals surface area contributed by atoms with Crippen LogP contribution in [0, 0.1) is 45.8 Å². The molecular formula is C28H32N2O3. The van der Waals surface area contributed by atoms with E-state index in [0.717, 1.165) is 24.3 Å². The SMILES string of the molecule is C[C@@]12CCC[C@H]1[C@@H]1CC=C3C=C(C(=O)O)C(C(=O)Nc4ccccc4C#N)C[C@]3(C)[C@H]1CC2. The van der Waals surface area contributed by atoms with Crippen LogP contribution in [0.1, 0.15) is 64.4 Å². The molecule has 5 heteroatoms. The zero-order valence-electron chi connectivity index (χ0n) is 19.4. The van der Waals surface area contributed by atoms with Crippen molar-refractivity contribution in [3.63, 3.8) is 0 Å². The number of carbonyl (C=O) groups excluding carboxylic acids is 1. The number of allylic oxidation sites excluding steroid dienone is 3. The van der Waals surface area contributed by atoms with Crippen LogP contribution >= 0.6 is 0 Å². The van der Waals surface area contributed by atoms with Crippen LogP contribution in [0.5, 0.6) is 0 Å². The molecule has 1 aromatic carbocycles. The van der Waals surface area contributed by atoms with E-state index in [1.165, 1.54) is 25.7 Å². The zero-order valence-corrected chi connectivity index (χ0v) is 19.4. The summed E-state index contributed by atoms with van der Waals surface area (Å²) < 4.78 is 0. The van der Waals surface area contributed by atoms with Gasteiger partial charge in [-0.15, -0.1) is 0 Å². The first kappa shape index (κ1) is 21.9. The average molecular weight is 445 g/mol. The molecule has 0 aromatic heterocycles. The molecule has 5 rings (SSSR count). The second-order valence-corrected chi connectivity index (χ2v) is 11.1. The molecule has 0 saturated heterocycles. The molecule has 1 amide bonds. The molecular weight excluding hydrogens is 412 g/mol. The van der Waals surface area contributed by atoms with Crippen LogP contribution in [0.4, 0.5) is 5.69 Å². The lowest BCUT2D eigenvalue weighted by molar-refractivity contribution is -0.135. The van der Waals surface area contributed by atoms with E-state index in [4.69, 9.17) is 0 Å². The summed E-state index contributed by atoms with van der Waals surface area (Å²) in [7, 11) is 0. The number of carboxylic acid groups (broad SMARTS) is 1. The largest absolute Gasteiger partial charge is 0.478 e. The zero-order chi connectivity index (χ0) is 23.4. The Morgan fingerprint density at radius 1 is 1.15 bits per heavy atom. The van der Waals surface area contributed by atoms with E-state index in [9.17, 15) is 20.0 Å². The van der Waals surface area contributed by atoms with Crippen molar-refractivity contribution in [3.05, 3.63) is 53.1 Å². The lowest BCUT2D eigenvalue weighted by atomic mass is 9.48. The Morgan fingerprint density at radius 2 is 1.94 bits per heavy atom. The van der Waals surface area contributed by atoms with Gasteiger partial charge in [0, 0.05) is 5.57 Å². The van der Waals surface area contributed by atoms with Gasteiger partial charge in [0.05, 0.1) is 17.2 Å². The van der Waals surface area contributed by atoms with Crippen LogP contribution < -0.4 is 5.32 Å². The van der Waals surface area contributed by atoms with Gasteiger partial charge in [0.2, 0.25) is 5.91 Å². The number of nitrogens with zero attached hydrogens (tertiary/aromatic N) is 1. The highest BCUT2D eigenvalue weighted by Crippen LogP contribution is 2.65. The van der Waals surface area contributed by atoms with Crippen molar-refractivity contribution < 1.29 is 14.7 Å². The standard InChI is InChI=1S/C28H32N2O3/c1-27-12-5-7-22(27)19-10-9-18-14-20(26(32)33)21(15-28(18,2)23(19)11-13-27)25(31)30-24-8-4-3-6-17(24)16-29/h3-4,6,8-9,14,19,21-23H,5,7,10-13,15H2,1-2H3,(H,30,31)(H,32,33)/t19-,21?,22-,23-,27-,28-/m0/s1. The Bertz CT molecular complexity index is 1110. The fourth-order valence-electron chi connectivity index (χ4n) is 7.76. The van der Waals surface area contributed by atoms with Gasteiger partial charge in [-0.2, -0.15) is 5.26 Å². The van der Waals surface area contributed by atoms with E-state index in [1.54, 1.807) is 30.3 Å². The third-order valence-electron chi connectivity index (χ3n) is 9.49. The number of hydrogen-bond donors (Lipinski definition) is 2. The molecule has 2 N–H and O–H groups in total. The number of para-hydroxylation sites is 1. The highest BCUT2D eigenvalue weighted by atomic mass is 16.4. The minimum absolute atomic E-state index is 0.158. The predicted molar refractivity (Wildman–Crippen MR) is 126 cm³/mol. The van der Waals surface area contributed by atoms with Gasteiger partial charge in [-0.3, -0.25) is 4.79 Å². The van der Waals surface area contributed by atoms with E-state index in [2.05, 4.69) is 31.3 Å². The lowest BCUT2D eigenvalue weighted by Crippen LogP contribution is -2.50. The number of aliphatic carboxylic acids is 1. The summed E-state index contributed by atoms with van der Waals surface area (Å²) in [5.74, 6) is -0.307. The highest BCUT2D eigenvalue weighted by Gasteiger charge is 2.57. The fraction of sp³-hybridized carbons (Fsp3) is 0.536. The molecule has 33 heavy (non-hydrogen) atoms. The molecule has 0 spiro atoms. The summed E-state index contributed by atoms with van der Waals surface area (Å²) in [6.07, 6.45) is 11.9. The number of benzene rings is 1. The molecule has 1 aromatic rings. The summed E-state index contributed by atoms with van der Waals surface area (Å²) in [5, 5.41) is 22.2. The first-order chi connectivity index (χ1) is 15.8. The van der Waals surface area contributed by atoms with Gasteiger partial charge in [0.15, 0.2) is 0 Å². The summed E-state index contributed by atoms with van der Waals surface area (Å²) in [6, 6.07) is 8.95. The Morgan fingerprint density at radius 3 is 2.70 bits per heavy atom. The van der Waals surface area contributed by atoms with E-state index < -0.39 is 11.9 Å². The number of anilines is 1. The van der Waals surface area contributed by atoms with Gasteiger partial charge in [-0.05, 0) is 90.9 Å². The van der Waals surface area contributed by atoms with Crippen molar-refractivity contribution in [2.75, 3.05) is 5.32 Å². The van der Waals surface area contributed by atoms with Gasteiger partial charge in [-0.1, -0.05) is 38.5 Å². The molecule has 4 aliphatic rings. The predicted octanol–water partition coefficient (Wildman–Crippen LogP) is 5.70. The first-order valence-corrected chi connectivity index (χ1v) is 12.2. The number of nitriles is 1. The average Bonchev–Trinajstić information content (AvgIpc) is 3.20. The quantitative estimate of drug-likeness (QED) is 0.626. The highest BCUT2D eigenvalue weighted by molar-refractivity contribution is 6.02. The number of carboxylic acids is 1. The normalized spacial score (nSPS) is 36.9. The lowest BCUT2D eigenvalue weighted by Gasteiger charge is -2.56. The van der Waals surface area contributed by atoms with E-state index in [-0.39, 0.29) is 16.9 Å². The number of amides is 1. The third kappa shape index (κ3) is 3.42. The van der Waals surface area contributed by atoms with Crippen LogP contribution in [-0.2, 0) is 9.59 Å². The van der Waals surface area contributed by atoms with Crippen molar-refractivity contribution >= 4 is 17.6 Å². The van der Waals surface area contributed by atoms with Crippen molar-refractivity contribution in [1.29, 1.82) is 5.26 Å². The van der Waals surface area contributed by atoms with E-state index in [0.29, 0.717) is 34.9 Å². The molecule has 0 bridgehead atoms. The Hall–Kier alpha value is -2.87. The maximum absolute atomic E-state index is 13.4. The van der Waals surface area contributed by atoms with Gasteiger partial charge in [-0.25, -0.2) is 4.79 Å². The summed E-state index contributed by atoms with van der Waals surface area (Å²) in [6.45, 7) is 4.72. The molecule has 2 fully saturated rings. The molecule has 5 nitrogen and oxygen atoms in total. The van der Waals surface area contributed by atoms with Crippen LogP contribution in [-0.4, -0.2) is 17.0 Å². The number of hydrogen-bond acceptors (Lipinski definition) is 3. The monoisotopic (exact) mass is 444 g/mol. The van der Waals surface area contributed by atoms with Crippen LogP contribution in [0.3, 0.4) is 0 Å². The molecule has 4 aliphatic carbocycles. The van der Waals surface area contributed by atoms with Crippen molar-refractivity contribution in [2.24, 2.45) is 34.5 Å². The van der Waals surface area contributed by atoms with Crippen LogP contribution in [0.2, 0.25) is 0 Å². The summed E-state index contributed by atoms with van der Waals surface area (Å²) >= 11 is 0. The molecule has 0 radical (unpaired) electrons. The minimum atomic E-state index is -1.04. The van der Waals surface area contributed by atoms with Crippen molar-refractivity contribution in [2.45, 2.75) is 58.8 Å². The van der Waals surface area contributed by atoms with E-state index in [1.807, 2.05) is 0 Å². The topological polar surface area (TPSA) is 90.2 Å².